The summed E-state index contributed by atoms with van der Waals surface area (Å²) < 4.78 is 13.9. The van der Waals surface area contributed by atoms with E-state index in [-0.39, 0.29) is 0 Å². The van der Waals surface area contributed by atoms with Gasteiger partial charge in [0, 0.05) is 10.8 Å². The predicted molar refractivity (Wildman–Crippen MR) is 109 cm³/mol. The van der Waals surface area contributed by atoms with Gasteiger partial charge in [-0.3, -0.25) is 5.10 Å². The van der Waals surface area contributed by atoms with Crippen molar-refractivity contribution in [1.29, 1.82) is 0 Å². The number of hydrogen-bond donors (Lipinski definition) is 1. The maximum absolute atomic E-state index is 5.92. The van der Waals surface area contributed by atoms with Crippen LogP contribution in [0.2, 0.25) is 0 Å². The molecule has 1 aliphatic rings. The molecule has 0 radical (unpaired) electrons. The van der Waals surface area contributed by atoms with Gasteiger partial charge in [-0.1, -0.05) is 6.07 Å². The molecule has 0 unspecified atom stereocenters. The monoisotopic (exact) mass is 400 g/mol. The minimum atomic E-state index is 0.460. The molecule has 6 nitrogen and oxygen atoms in total. The summed E-state index contributed by atoms with van der Waals surface area (Å²) in [5.74, 6) is 2.79. The Bertz CT molecular complexity index is 988. The van der Waals surface area contributed by atoms with Crippen molar-refractivity contribution in [2.75, 3.05) is 6.61 Å². The van der Waals surface area contributed by atoms with E-state index in [1.54, 1.807) is 22.2 Å². The number of hydrogen-bond acceptors (Lipinski definition) is 6. The van der Waals surface area contributed by atoms with Crippen molar-refractivity contribution in [1.82, 2.24) is 14.9 Å². The lowest BCUT2D eigenvalue weighted by Crippen LogP contribution is -2.00. The number of H-pyrrole nitrogens is 1. The molecule has 140 valence electrons. The maximum Gasteiger partial charge on any atom is 0.216 e. The van der Waals surface area contributed by atoms with Crippen LogP contribution >= 0.6 is 23.6 Å². The van der Waals surface area contributed by atoms with Crippen LogP contribution in [0.5, 0.6) is 11.5 Å². The molecule has 1 N–H and O–H groups in total. The molecular weight excluding hydrogens is 380 g/mol. The lowest BCUT2D eigenvalue weighted by Gasteiger charge is -2.12. The fraction of sp³-hybridized carbons (Fsp3) is 0.316. The molecule has 2 heterocycles. The number of aromatic amines is 1. The Morgan fingerprint density at radius 1 is 1.33 bits per heavy atom. The molecule has 0 saturated heterocycles. The fourth-order valence-electron chi connectivity index (χ4n) is 2.68. The Balaban J connectivity index is 1.53. The van der Waals surface area contributed by atoms with Gasteiger partial charge in [0.15, 0.2) is 17.3 Å². The minimum absolute atomic E-state index is 0.460. The second-order valence-corrected chi connectivity index (χ2v) is 7.64. The highest BCUT2D eigenvalue weighted by Crippen LogP contribution is 2.38. The van der Waals surface area contributed by atoms with E-state index in [4.69, 9.17) is 21.7 Å². The van der Waals surface area contributed by atoms with Crippen LogP contribution in [0, 0.1) is 4.77 Å². The lowest BCUT2D eigenvalue weighted by molar-refractivity contribution is 0.271. The fourth-order valence-corrected chi connectivity index (χ4v) is 3.48. The number of nitrogens with zero attached hydrogens (tertiary/aromatic N) is 3. The summed E-state index contributed by atoms with van der Waals surface area (Å²) in [5.41, 5.74) is 0.909. The van der Waals surface area contributed by atoms with Crippen molar-refractivity contribution in [3.8, 4) is 11.5 Å². The van der Waals surface area contributed by atoms with Gasteiger partial charge in [-0.25, -0.2) is 0 Å². The third-order valence-electron chi connectivity index (χ3n) is 4.16. The second kappa shape index (κ2) is 8.06. The van der Waals surface area contributed by atoms with Gasteiger partial charge in [0.05, 0.1) is 12.8 Å². The third-order valence-corrected chi connectivity index (χ3v) is 5.27. The normalized spacial score (nSPS) is 14.0. The van der Waals surface area contributed by atoms with Crippen LogP contribution in [-0.4, -0.2) is 27.7 Å². The Hall–Kier alpha value is -2.45. The number of thiophene rings is 1. The molecule has 27 heavy (non-hydrogen) atoms. The van der Waals surface area contributed by atoms with E-state index in [1.165, 1.54) is 4.88 Å². The molecule has 0 amide bonds. The molecule has 3 aromatic rings. The minimum Gasteiger partial charge on any atom is -0.490 e. The molecule has 0 atom stereocenters. The summed E-state index contributed by atoms with van der Waals surface area (Å²) in [6.45, 7) is 3.05. The van der Waals surface area contributed by atoms with Crippen LogP contribution in [0.4, 0.5) is 0 Å². The Kier molecular flexibility index (Phi) is 5.35. The Morgan fingerprint density at radius 3 is 2.96 bits per heavy atom. The van der Waals surface area contributed by atoms with Gasteiger partial charge < -0.3 is 9.47 Å². The zero-order chi connectivity index (χ0) is 18.6. The number of benzene rings is 1. The van der Waals surface area contributed by atoms with Crippen molar-refractivity contribution < 1.29 is 9.47 Å². The first-order valence-electron chi connectivity index (χ1n) is 8.88. The van der Waals surface area contributed by atoms with Crippen LogP contribution in [0.1, 0.15) is 41.9 Å². The van der Waals surface area contributed by atoms with Crippen LogP contribution < -0.4 is 9.47 Å². The average Bonchev–Trinajstić information content (AvgIpc) is 3.25. The van der Waals surface area contributed by atoms with E-state index in [0.29, 0.717) is 29.7 Å². The summed E-state index contributed by atoms with van der Waals surface area (Å²) in [6, 6.07) is 9.87. The Labute approximate surface area is 166 Å². The first-order valence-corrected chi connectivity index (χ1v) is 10.2. The van der Waals surface area contributed by atoms with Gasteiger partial charge in [-0.15, -0.1) is 11.3 Å². The van der Waals surface area contributed by atoms with Gasteiger partial charge in [0.2, 0.25) is 4.77 Å². The smallest absolute Gasteiger partial charge is 0.216 e. The van der Waals surface area contributed by atoms with Crippen molar-refractivity contribution in [3.63, 3.8) is 0 Å². The molecule has 8 heteroatoms. The van der Waals surface area contributed by atoms with E-state index in [0.717, 1.165) is 30.0 Å². The summed E-state index contributed by atoms with van der Waals surface area (Å²) >= 11 is 6.96. The van der Waals surface area contributed by atoms with E-state index < -0.39 is 0 Å². The predicted octanol–water partition coefficient (Wildman–Crippen LogP) is 4.74. The zero-order valence-corrected chi connectivity index (χ0v) is 16.6. The van der Waals surface area contributed by atoms with E-state index >= 15 is 0 Å². The molecule has 1 fully saturated rings. The maximum atomic E-state index is 5.92. The molecule has 0 aliphatic heterocycles. The van der Waals surface area contributed by atoms with Crippen molar-refractivity contribution in [2.45, 2.75) is 32.3 Å². The number of ether oxygens (including phenoxy) is 2. The van der Waals surface area contributed by atoms with Crippen molar-refractivity contribution in [3.05, 3.63) is 56.7 Å². The molecule has 1 aliphatic carbocycles. The number of rotatable bonds is 8. The van der Waals surface area contributed by atoms with Crippen LogP contribution in [0.25, 0.3) is 0 Å². The van der Waals surface area contributed by atoms with Crippen LogP contribution in [-0.2, 0) is 6.61 Å². The van der Waals surface area contributed by atoms with Crippen LogP contribution in [0.3, 0.4) is 0 Å². The SMILES string of the molecule is CCOc1cc(/C=N\n2c(C3CC3)n[nH]c2=S)ccc1OCc1cccs1. The Morgan fingerprint density at radius 2 is 2.22 bits per heavy atom. The molecule has 0 spiro atoms. The molecule has 4 rings (SSSR count). The quantitative estimate of drug-likeness (QED) is 0.438. The summed E-state index contributed by atoms with van der Waals surface area (Å²) in [4.78, 5) is 1.17. The standard InChI is InChI=1S/C19H20N4O2S2/c1-2-24-17-10-13(5-8-16(17)25-12-15-4-3-9-27-15)11-20-23-18(14-6-7-14)21-22-19(23)26/h3-5,8-11,14H,2,6-7,12H2,1H3,(H,22,26)/b20-11-. The number of aromatic nitrogens is 3. The van der Waals surface area contributed by atoms with E-state index in [2.05, 4.69) is 21.4 Å². The third kappa shape index (κ3) is 4.28. The average molecular weight is 401 g/mol. The first-order chi connectivity index (χ1) is 13.2. The van der Waals surface area contributed by atoms with E-state index in [1.807, 2.05) is 36.6 Å². The van der Waals surface area contributed by atoms with Gasteiger partial charge in [0.25, 0.3) is 0 Å². The molecule has 2 aromatic heterocycles. The molecule has 1 aromatic carbocycles. The lowest BCUT2D eigenvalue weighted by atomic mass is 10.2. The highest BCUT2D eigenvalue weighted by molar-refractivity contribution is 7.71. The first kappa shape index (κ1) is 17.9. The molecule has 0 bridgehead atoms. The zero-order valence-electron chi connectivity index (χ0n) is 14.9. The van der Waals surface area contributed by atoms with Crippen LogP contribution in [0.15, 0.2) is 40.8 Å². The molecular formula is C19H20N4O2S2. The summed E-state index contributed by atoms with van der Waals surface area (Å²) in [5, 5.41) is 13.7. The largest absolute Gasteiger partial charge is 0.490 e. The summed E-state index contributed by atoms with van der Waals surface area (Å²) in [7, 11) is 0. The van der Waals surface area contributed by atoms with E-state index in [9.17, 15) is 0 Å². The van der Waals surface area contributed by atoms with Gasteiger partial charge >= 0.3 is 0 Å². The highest BCUT2D eigenvalue weighted by atomic mass is 32.1. The van der Waals surface area contributed by atoms with Gasteiger partial charge in [-0.2, -0.15) is 14.9 Å². The summed E-state index contributed by atoms with van der Waals surface area (Å²) in [6.07, 6.45) is 4.04. The number of nitrogens with one attached hydrogen (secondary N) is 1. The van der Waals surface area contributed by atoms with Gasteiger partial charge in [0.1, 0.15) is 6.61 Å². The molecule has 1 saturated carbocycles. The topological polar surface area (TPSA) is 64.4 Å². The van der Waals surface area contributed by atoms with Gasteiger partial charge in [-0.05, 0) is 67.2 Å². The second-order valence-electron chi connectivity index (χ2n) is 6.22. The van der Waals surface area contributed by atoms with Crippen molar-refractivity contribution in [2.24, 2.45) is 5.10 Å². The van der Waals surface area contributed by atoms with Crippen molar-refractivity contribution >= 4 is 29.8 Å². The highest BCUT2D eigenvalue weighted by Gasteiger charge is 2.29.